The molecule has 0 aromatic heterocycles. The first-order valence-electron chi connectivity index (χ1n) is 6.01. The van der Waals surface area contributed by atoms with Crippen LogP contribution in [0, 0.1) is 0 Å². The number of hydrogen-bond acceptors (Lipinski definition) is 4. The molecule has 0 unspecified atom stereocenters. The molecule has 7 heteroatoms. The van der Waals surface area contributed by atoms with Crippen molar-refractivity contribution in [1.29, 1.82) is 0 Å². The number of carbonyl (C=O) groups excluding carboxylic acids is 1. The van der Waals surface area contributed by atoms with Gasteiger partial charge in [-0.3, -0.25) is 4.79 Å². The molecule has 0 radical (unpaired) electrons. The molecule has 0 atom stereocenters. The minimum atomic E-state index is 0. The fourth-order valence-electron chi connectivity index (χ4n) is 1.28. The van der Waals surface area contributed by atoms with E-state index < -0.39 is 0 Å². The van der Waals surface area contributed by atoms with E-state index >= 15 is 0 Å². The first kappa shape index (κ1) is 23.4. The maximum absolute atomic E-state index is 11.3. The van der Waals surface area contributed by atoms with Crippen LogP contribution in [0.2, 0.25) is 0 Å². The van der Waals surface area contributed by atoms with Crippen molar-refractivity contribution in [1.82, 2.24) is 10.2 Å². The lowest BCUT2D eigenvalue weighted by Crippen LogP contribution is -2.29. The number of hydrogen-bond donors (Lipinski definition) is 2. The predicted octanol–water partition coefficient (Wildman–Crippen LogP) is 1.37. The van der Waals surface area contributed by atoms with Gasteiger partial charge in [0, 0.05) is 18.8 Å². The van der Waals surface area contributed by atoms with Crippen molar-refractivity contribution in [2.75, 3.05) is 44.2 Å². The number of carbonyl (C=O) groups is 1. The Morgan fingerprint density at radius 2 is 1.89 bits per heavy atom. The summed E-state index contributed by atoms with van der Waals surface area (Å²) in [6.45, 7) is 8.88. The van der Waals surface area contributed by atoms with Crippen LogP contribution in [0.1, 0.15) is 20.3 Å². The van der Waals surface area contributed by atoms with Gasteiger partial charge in [-0.05, 0) is 26.1 Å². The molecule has 0 aromatic carbocycles. The highest BCUT2D eigenvalue weighted by Gasteiger charge is 2.02. The van der Waals surface area contributed by atoms with Crippen LogP contribution in [0.5, 0.6) is 0 Å². The van der Waals surface area contributed by atoms with Gasteiger partial charge in [0.2, 0.25) is 5.91 Å². The number of nitrogens with one attached hydrogen (secondary N) is 1. The fourth-order valence-corrected chi connectivity index (χ4v) is 2.10. The van der Waals surface area contributed by atoms with Crippen LogP contribution >= 0.6 is 36.6 Å². The molecule has 0 rings (SSSR count). The van der Waals surface area contributed by atoms with Gasteiger partial charge < -0.3 is 16.0 Å². The minimum absolute atomic E-state index is 0. The van der Waals surface area contributed by atoms with E-state index in [9.17, 15) is 4.79 Å². The Morgan fingerprint density at radius 1 is 1.28 bits per heavy atom. The molecular formula is C11H27Cl2N3OS. The minimum Gasteiger partial charge on any atom is -0.355 e. The summed E-state index contributed by atoms with van der Waals surface area (Å²) < 4.78 is 0. The number of rotatable bonds is 10. The van der Waals surface area contributed by atoms with E-state index in [-0.39, 0.29) is 30.7 Å². The molecule has 1 amide bonds. The summed E-state index contributed by atoms with van der Waals surface area (Å²) in [5.41, 5.74) is 5.34. The molecule has 0 spiro atoms. The van der Waals surface area contributed by atoms with Gasteiger partial charge in [-0.1, -0.05) is 13.8 Å². The van der Waals surface area contributed by atoms with Crippen molar-refractivity contribution in [3.05, 3.63) is 0 Å². The first-order valence-corrected chi connectivity index (χ1v) is 7.16. The van der Waals surface area contributed by atoms with Crippen LogP contribution in [0.3, 0.4) is 0 Å². The van der Waals surface area contributed by atoms with Gasteiger partial charge in [-0.2, -0.15) is 11.8 Å². The second-order valence-electron chi connectivity index (χ2n) is 3.57. The number of amides is 1. The molecule has 18 heavy (non-hydrogen) atoms. The SMILES string of the molecule is CCN(CC)CCSCC(=O)NCCCN.Cl.Cl. The lowest BCUT2D eigenvalue weighted by Gasteiger charge is -2.17. The van der Waals surface area contributed by atoms with E-state index in [2.05, 4.69) is 24.1 Å². The third-order valence-corrected chi connectivity index (χ3v) is 3.32. The normalized spacial score (nSPS) is 9.56. The van der Waals surface area contributed by atoms with Crippen LogP contribution in [-0.2, 0) is 4.79 Å². The monoisotopic (exact) mass is 319 g/mol. The van der Waals surface area contributed by atoms with Crippen molar-refractivity contribution >= 4 is 42.5 Å². The molecule has 0 aliphatic carbocycles. The summed E-state index contributed by atoms with van der Waals surface area (Å²) in [5, 5.41) is 2.85. The van der Waals surface area contributed by atoms with Crippen molar-refractivity contribution in [2.45, 2.75) is 20.3 Å². The smallest absolute Gasteiger partial charge is 0.229 e. The molecule has 4 nitrogen and oxygen atoms in total. The van der Waals surface area contributed by atoms with E-state index in [1.54, 1.807) is 11.8 Å². The van der Waals surface area contributed by atoms with Crippen molar-refractivity contribution in [3.8, 4) is 0 Å². The van der Waals surface area contributed by atoms with Crippen LogP contribution in [0.15, 0.2) is 0 Å². The lowest BCUT2D eigenvalue weighted by molar-refractivity contribution is -0.118. The zero-order chi connectivity index (χ0) is 12.2. The fraction of sp³-hybridized carbons (Fsp3) is 0.909. The van der Waals surface area contributed by atoms with E-state index in [1.807, 2.05) is 0 Å². The van der Waals surface area contributed by atoms with Gasteiger partial charge in [0.15, 0.2) is 0 Å². The highest BCUT2D eigenvalue weighted by molar-refractivity contribution is 7.99. The van der Waals surface area contributed by atoms with Crippen molar-refractivity contribution in [3.63, 3.8) is 0 Å². The Balaban J connectivity index is -0.00000112. The molecule has 0 saturated heterocycles. The first-order chi connectivity index (χ1) is 7.74. The molecule has 0 aliphatic rings. The van der Waals surface area contributed by atoms with Crippen LogP contribution in [0.25, 0.3) is 0 Å². The molecule has 0 saturated carbocycles. The zero-order valence-electron chi connectivity index (χ0n) is 11.3. The average molecular weight is 320 g/mol. The highest BCUT2D eigenvalue weighted by atomic mass is 35.5. The third-order valence-electron chi connectivity index (χ3n) is 2.38. The molecular weight excluding hydrogens is 293 g/mol. The Kier molecular flexibility index (Phi) is 22.5. The second-order valence-corrected chi connectivity index (χ2v) is 4.68. The molecule has 0 bridgehead atoms. The summed E-state index contributed by atoms with van der Waals surface area (Å²) in [6, 6.07) is 0. The zero-order valence-corrected chi connectivity index (χ0v) is 13.8. The van der Waals surface area contributed by atoms with Gasteiger partial charge in [-0.25, -0.2) is 0 Å². The van der Waals surface area contributed by atoms with Crippen LogP contribution in [-0.4, -0.2) is 55.0 Å². The van der Waals surface area contributed by atoms with Gasteiger partial charge >= 0.3 is 0 Å². The van der Waals surface area contributed by atoms with Crippen molar-refractivity contribution < 1.29 is 4.79 Å². The molecule has 0 aromatic rings. The van der Waals surface area contributed by atoms with Gasteiger partial charge in [0.25, 0.3) is 0 Å². The van der Waals surface area contributed by atoms with Crippen LogP contribution < -0.4 is 11.1 Å². The third kappa shape index (κ3) is 14.4. The van der Waals surface area contributed by atoms with Gasteiger partial charge in [0.05, 0.1) is 5.75 Å². The van der Waals surface area contributed by atoms with Crippen molar-refractivity contribution in [2.24, 2.45) is 5.73 Å². The molecule has 112 valence electrons. The molecule has 0 aliphatic heterocycles. The molecule has 0 fully saturated rings. The topological polar surface area (TPSA) is 58.4 Å². The average Bonchev–Trinajstić information content (AvgIpc) is 2.30. The van der Waals surface area contributed by atoms with E-state index in [1.165, 1.54) is 0 Å². The number of nitrogens with zero attached hydrogens (tertiary/aromatic N) is 1. The predicted molar refractivity (Wildman–Crippen MR) is 86.3 cm³/mol. The summed E-state index contributed by atoms with van der Waals surface area (Å²) in [4.78, 5) is 13.7. The second kappa shape index (κ2) is 17.3. The Morgan fingerprint density at radius 3 is 2.39 bits per heavy atom. The summed E-state index contributed by atoms with van der Waals surface area (Å²) >= 11 is 1.69. The maximum atomic E-state index is 11.3. The Bertz CT molecular complexity index is 184. The molecule has 0 heterocycles. The summed E-state index contributed by atoms with van der Waals surface area (Å²) in [7, 11) is 0. The maximum Gasteiger partial charge on any atom is 0.229 e. The number of halogens is 2. The van der Waals surface area contributed by atoms with Gasteiger partial charge in [0.1, 0.15) is 0 Å². The standard InChI is InChI=1S/C11H25N3OS.2ClH/c1-3-14(4-2)8-9-16-10-11(15)13-7-5-6-12;;/h3-10,12H2,1-2H3,(H,13,15);2*1H. The molecule has 3 N–H and O–H groups in total. The van der Waals surface area contributed by atoms with Crippen LogP contribution in [0.4, 0.5) is 0 Å². The quantitative estimate of drug-likeness (QED) is 0.597. The van der Waals surface area contributed by atoms with E-state index in [0.29, 0.717) is 18.8 Å². The summed E-state index contributed by atoms with van der Waals surface area (Å²) in [6.07, 6.45) is 0.857. The number of nitrogens with two attached hydrogens (primary N) is 1. The lowest BCUT2D eigenvalue weighted by atomic mass is 10.4. The highest BCUT2D eigenvalue weighted by Crippen LogP contribution is 2.00. The largest absolute Gasteiger partial charge is 0.355 e. The summed E-state index contributed by atoms with van der Waals surface area (Å²) in [5.74, 6) is 1.70. The Hall–Kier alpha value is 0.320. The van der Waals surface area contributed by atoms with E-state index in [4.69, 9.17) is 5.73 Å². The van der Waals surface area contributed by atoms with E-state index in [0.717, 1.165) is 31.8 Å². The van der Waals surface area contributed by atoms with Gasteiger partial charge in [-0.15, -0.1) is 24.8 Å². The number of thioether (sulfide) groups is 1. The Labute approximate surface area is 128 Å².